The van der Waals surface area contributed by atoms with E-state index in [4.69, 9.17) is 0 Å². The van der Waals surface area contributed by atoms with E-state index < -0.39 is 10.0 Å². The van der Waals surface area contributed by atoms with Crippen LogP contribution < -0.4 is 0 Å². The fourth-order valence-corrected chi connectivity index (χ4v) is 5.24. The van der Waals surface area contributed by atoms with Gasteiger partial charge in [0.25, 0.3) is 10.0 Å². The summed E-state index contributed by atoms with van der Waals surface area (Å²) in [6.07, 6.45) is 2.61. The second-order valence-electron chi connectivity index (χ2n) is 4.31. The Morgan fingerprint density at radius 1 is 1.47 bits per heavy atom. The first-order valence-electron chi connectivity index (χ1n) is 5.75. The van der Waals surface area contributed by atoms with E-state index in [-0.39, 0.29) is 12.6 Å². The van der Waals surface area contributed by atoms with Gasteiger partial charge in [-0.2, -0.15) is 4.31 Å². The largest absolute Gasteiger partial charge is 0.395 e. The topological polar surface area (TPSA) is 57.6 Å². The molecule has 0 spiro atoms. The zero-order valence-corrected chi connectivity index (χ0v) is 11.4. The van der Waals surface area contributed by atoms with E-state index in [1.54, 1.807) is 6.07 Å². The molecule has 2 heterocycles. The van der Waals surface area contributed by atoms with Crippen molar-refractivity contribution >= 4 is 21.4 Å². The quantitative estimate of drug-likeness (QED) is 0.911. The number of hydrogen-bond acceptors (Lipinski definition) is 4. The molecule has 96 valence electrons. The van der Waals surface area contributed by atoms with Crippen molar-refractivity contribution in [3.05, 3.63) is 17.0 Å². The Morgan fingerprint density at radius 3 is 2.82 bits per heavy atom. The molecule has 6 heteroatoms. The average Bonchev–Trinajstić information content (AvgIpc) is 2.76. The van der Waals surface area contributed by atoms with Gasteiger partial charge in [0.1, 0.15) is 4.21 Å². The van der Waals surface area contributed by atoms with Crippen LogP contribution in [0, 0.1) is 6.92 Å². The second kappa shape index (κ2) is 5.06. The van der Waals surface area contributed by atoms with E-state index in [0.29, 0.717) is 10.8 Å². The molecule has 1 atom stereocenters. The molecule has 0 radical (unpaired) electrons. The third-order valence-electron chi connectivity index (χ3n) is 3.06. The highest BCUT2D eigenvalue weighted by molar-refractivity contribution is 7.91. The third-order valence-corrected chi connectivity index (χ3v) is 6.48. The van der Waals surface area contributed by atoms with E-state index in [2.05, 4.69) is 0 Å². The van der Waals surface area contributed by atoms with E-state index in [1.165, 1.54) is 15.6 Å². The Balaban J connectivity index is 2.30. The summed E-state index contributed by atoms with van der Waals surface area (Å²) >= 11 is 1.29. The Bertz CT molecular complexity index is 481. The first kappa shape index (κ1) is 13.0. The minimum atomic E-state index is -3.41. The lowest BCUT2D eigenvalue weighted by molar-refractivity contribution is 0.155. The molecule has 4 nitrogen and oxygen atoms in total. The predicted octanol–water partition coefficient (Wildman–Crippen LogP) is 1.59. The summed E-state index contributed by atoms with van der Waals surface area (Å²) in [5, 5.41) is 9.27. The number of aliphatic hydroxyl groups excluding tert-OH is 1. The molecule has 1 saturated heterocycles. The van der Waals surface area contributed by atoms with Crippen LogP contribution in [0.15, 0.2) is 16.3 Å². The van der Waals surface area contributed by atoms with Gasteiger partial charge < -0.3 is 5.11 Å². The van der Waals surface area contributed by atoms with Gasteiger partial charge in [-0.15, -0.1) is 11.3 Å². The molecule has 1 aliphatic rings. The molecule has 0 saturated carbocycles. The smallest absolute Gasteiger partial charge is 0.252 e. The number of aryl methyl sites for hydroxylation is 1. The van der Waals surface area contributed by atoms with Gasteiger partial charge in [-0.3, -0.25) is 0 Å². The van der Waals surface area contributed by atoms with Crippen molar-refractivity contribution in [2.24, 2.45) is 0 Å². The Hall–Kier alpha value is -0.430. The van der Waals surface area contributed by atoms with Crippen molar-refractivity contribution in [1.29, 1.82) is 0 Å². The number of sulfonamides is 1. The lowest BCUT2D eigenvalue weighted by atomic mass is 10.1. The van der Waals surface area contributed by atoms with Crippen molar-refractivity contribution in [1.82, 2.24) is 4.31 Å². The van der Waals surface area contributed by atoms with Gasteiger partial charge in [0, 0.05) is 17.5 Å². The number of thiophene rings is 1. The van der Waals surface area contributed by atoms with Gasteiger partial charge >= 0.3 is 0 Å². The first-order valence-corrected chi connectivity index (χ1v) is 8.00. The number of piperidine rings is 1. The van der Waals surface area contributed by atoms with Gasteiger partial charge in [0.15, 0.2) is 0 Å². The highest BCUT2D eigenvalue weighted by Crippen LogP contribution is 2.29. The maximum atomic E-state index is 12.4. The van der Waals surface area contributed by atoms with Gasteiger partial charge in [0.2, 0.25) is 0 Å². The predicted molar refractivity (Wildman–Crippen MR) is 67.7 cm³/mol. The normalized spacial score (nSPS) is 22.8. The van der Waals surface area contributed by atoms with Crippen LogP contribution in [0.5, 0.6) is 0 Å². The highest BCUT2D eigenvalue weighted by atomic mass is 32.2. The number of aliphatic hydroxyl groups is 1. The summed E-state index contributed by atoms with van der Waals surface area (Å²) in [6.45, 7) is 2.32. The first-order chi connectivity index (χ1) is 8.05. The van der Waals surface area contributed by atoms with E-state index >= 15 is 0 Å². The molecule has 0 bridgehead atoms. The maximum Gasteiger partial charge on any atom is 0.252 e. The van der Waals surface area contributed by atoms with Crippen molar-refractivity contribution in [3.8, 4) is 0 Å². The van der Waals surface area contributed by atoms with E-state index in [1.807, 2.05) is 13.0 Å². The van der Waals surface area contributed by atoms with E-state index in [0.717, 1.165) is 24.1 Å². The van der Waals surface area contributed by atoms with Crippen molar-refractivity contribution in [3.63, 3.8) is 0 Å². The number of nitrogens with zero attached hydrogens (tertiary/aromatic N) is 1. The van der Waals surface area contributed by atoms with Crippen LogP contribution in [-0.2, 0) is 10.0 Å². The molecule has 1 N–H and O–H groups in total. The molecule has 1 aromatic heterocycles. The lowest BCUT2D eigenvalue weighted by Gasteiger charge is -2.32. The maximum absolute atomic E-state index is 12.4. The molecule has 17 heavy (non-hydrogen) atoms. The van der Waals surface area contributed by atoms with Gasteiger partial charge in [-0.25, -0.2) is 8.42 Å². The molecule has 1 unspecified atom stereocenters. The monoisotopic (exact) mass is 275 g/mol. The Labute approximate surface area is 106 Å². The van der Waals surface area contributed by atoms with Crippen LogP contribution in [0.25, 0.3) is 0 Å². The Morgan fingerprint density at radius 2 is 2.24 bits per heavy atom. The number of rotatable bonds is 3. The Kier molecular flexibility index (Phi) is 3.87. The summed E-state index contributed by atoms with van der Waals surface area (Å²) in [4.78, 5) is 0.987. The zero-order valence-electron chi connectivity index (χ0n) is 9.80. The van der Waals surface area contributed by atoms with Crippen molar-refractivity contribution in [2.75, 3.05) is 13.2 Å². The van der Waals surface area contributed by atoms with Crippen LogP contribution in [0.1, 0.15) is 24.1 Å². The zero-order chi connectivity index (χ0) is 12.5. The van der Waals surface area contributed by atoms with Crippen LogP contribution in [-0.4, -0.2) is 37.0 Å². The fraction of sp³-hybridized carbons (Fsp3) is 0.636. The third kappa shape index (κ3) is 2.54. The van der Waals surface area contributed by atoms with E-state index in [9.17, 15) is 13.5 Å². The summed E-state index contributed by atoms with van der Waals surface area (Å²) in [5.74, 6) is 0. The molecule has 0 amide bonds. The average molecular weight is 275 g/mol. The number of hydrogen-bond donors (Lipinski definition) is 1. The minimum Gasteiger partial charge on any atom is -0.395 e. The minimum absolute atomic E-state index is 0.0937. The molecule has 2 rings (SSSR count). The summed E-state index contributed by atoms with van der Waals surface area (Å²) in [5.41, 5.74) is 0. The molecule has 0 aromatic carbocycles. The summed E-state index contributed by atoms with van der Waals surface area (Å²) in [7, 11) is -3.41. The van der Waals surface area contributed by atoms with Crippen molar-refractivity contribution in [2.45, 2.75) is 36.4 Å². The molecule has 0 aliphatic carbocycles. The highest BCUT2D eigenvalue weighted by Gasteiger charge is 2.33. The lowest BCUT2D eigenvalue weighted by Crippen LogP contribution is -2.45. The molecular weight excluding hydrogens is 258 g/mol. The van der Waals surface area contributed by atoms with Crippen molar-refractivity contribution < 1.29 is 13.5 Å². The standard InChI is InChI=1S/C11H17NO3S2/c1-9-5-6-11(16-9)17(14,15)12-7-3-2-4-10(12)8-13/h5-6,10,13H,2-4,7-8H2,1H3. The molecule has 1 fully saturated rings. The second-order valence-corrected chi connectivity index (χ2v) is 7.72. The van der Waals surface area contributed by atoms with Gasteiger partial charge in [0.05, 0.1) is 6.61 Å². The molecule has 1 aliphatic heterocycles. The molecule has 1 aromatic rings. The van der Waals surface area contributed by atoms with Crippen LogP contribution in [0.3, 0.4) is 0 Å². The fourth-order valence-electron chi connectivity index (χ4n) is 2.14. The summed E-state index contributed by atoms with van der Waals surface area (Å²) in [6, 6.07) is 3.21. The van der Waals surface area contributed by atoms with Gasteiger partial charge in [-0.1, -0.05) is 6.42 Å². The van der Waals surface area contributed by atoms with Gasteiger partial charge in [-0.05, 0) is 31.9 Å². The SMILES string of the molecule is Cc1ccc(S(=O)(=O)N2CCCCC2CO)s1. The molecular formula is C11H17NO3S2. The van der Waals surface area contributed by atoms with Crippen LogP contribution in [0.4, 0.5) is 0 Å². The summed E-state index contributed by atoms with van der Waals surface area (Å²) < 4.78 is 26.6. The van der Waals surface area contributed by atoms with Crippen LogP contribution >= 0.6 is 11.3 Å². The van der Waals surface area contributed by atoms with Crippen LogP contribution in [0.2, 0.25) is 0 Å².